The quantitative estimate of drug-likeness (QED) is 0.742. The van der Waals surface area contributed by atoms with E-state index in [1.54, 1.807) is 43.9 Å². The van der Waals surface area contributed by atoms with Gasteiger partial charge in [-0.3, -0.25) is 9.59 Å². The topological polar surface area (TPSA) is 78.9 Å². The molecule has 8 heteroatoms. The molecule has 2 N–H and O–H groups in total. The second kappa shape index (κ2) is 8.90. The molecular formula is C18H23ClN2O4S. The zero-order chi connectivity index (χ0) is 19.4. The van der Waals surface area contributed by atoms with Gasteiger partial charge >= 0.3 is 0 Å². The Morgan fingerprint density at radius 2 is 2.08 bits per heavy atom. The van der Waals surface area contributed by atoms with Crippen molar-refractivity contribution in [1.29, 1.82) is 0 Å². The number of benzene rings is 1. The van der Waals surface area contributed by atoms with Gasteiger partial charge in [0.25, 0.3) is 5.91 Å². The van der Waals surface area contributed by atoms with E-state index < -0.39 is 6.29 Å². The van der Waals surface area contributed by atoms with E-state index in [4.69, 9.17) is 16.3 Å². The molecule has 0 aromatic heterocycles. The Bertz CT molecular complexity index is 736. The van der Waals surface area contributed by atoms with E-state index in [1.165, 1.54) is 18.7 Å². The fourth-order valence-corrected chi connectivity index (χ4v) is 3.78. The minimum Gasteiger partial charge on any atom is -0.364 e. The van der Waals surface area contributed by atoms with E-state index in [0.717, 1.165) is 0 Å². The van der Waals surface area contributed by atoms with Crippen LogP contribution >= 0.6 is 23.4 Å². The van der Waals surface area contributed by atoms with Gasteiger partial charge in [-0.2, -0.15) is 0 Å². The zero-order valence-corrected chi connectivity index (χ0v) is 16.8. The van der Waals surface area contributed by atoms with Crippen LogP contribution in [0.1, 0.15) is 39.5 Å². The summed E-state index contributed by atoms with van der Waals surface area (Å²) in [5.41, 5.74) is 1.51. The van der Waals surface area contributed by atoms with Gasteiger partial charge < -0.3 is 20.1 Å². The van der Waals surface area contributed by atoms with E-state index in [9.17, 15) is 14.7 Å². The number of thioether (sulfide) groups is 1. The van der Waals surface area contributed by atoms with E-state index in [1.807, 2.05) is 0 Å². The molecule has 1 aromatic rings. The van der Waals surface area contributed by atoms with Crippen molar-refractivity contribution in [2.45, 2.75) is 40.1 Å². The lowest BCUT2D eigenvalue weighted by Gasteiger charge is -2.28. The van der Waals surface area contributed by atoms with Gasteiger partial charge in [-0.1, -0.05) is 11.6 Å². The summed E-state index contributed by atoms with van der Waals surface area (Å²) in [6.07, 6.45) is -1.36. The molecule has 0 spiro atoms. The number of anilines is 1. The van der Waals surface area contributed by atoms with Crippen LogP contribution in [0.25, 0.3) is 0 Å². The molecule has 6 nitrogen and oxygen atoms in total. The zero-order valence-electron chi connectivity index (χ0n) is 15.2. The van der Waals surface area contributed by atoms with E-state index in [0.29, 0.717) is 39.2 Å². The molecular weight excluding hydrogens is 376 g/mol. The third-order valence-corrected chi connectivity index (χ3v) is 5.30. The number of amides is 2. The van der Waals surface area contributed by atoms with Crippen LogP contribution in [0.3, 0.4) is 0 Å². The first-order chi connectivity index (χ1) is 12.2. The van der Waals surface area contributed by atoms with Crippen molar-refractivity contribution in [3.63, 3.8) is 0 Å². The number of nitrogens with zero attached hydrogens (tertiary/aromatic N) is 1. The normalized spacial score (nSPS) is 16.0. The predicted octanol–water partition coefficient (Wildman–Crippen LogP) is 3.52. The molecule has 1 unspecified atom stereocenters. The van der Waals surface area contributed by atoms with Crippen molar-refractivity contribution < 1.29 is 19.4 Å². The molecule has 0 fully saturated rings. The second-order valence-corrected chi connectivity index (χ2v) is 7.67. The number of ether oxygens (including phenoxy) is 1. The largest absolute Gasteiger partial charge is 0.364 e. The Morgan fingerprint density at radius 3 is 2.69 bits per heavy atom. The van der Waals surface area contributed by atoms with Gasteiger partial charge in [0.1, 0.15) is 0 Å². The number of allylic oxidation sites excluding steroid dienone is 1. The highest BCUT2D eigenvalue weighted by Gasteiger charge is 2.25. The molecule has 1 aromatic carbocycles. The van der Waals surface area contributed by atoms with Crippen LogP contribution in [0.5, 0.6) is 0 Å². The highest BCUT2D eigenvalue weighted by atomic mass is 35.5. The second-order valence-electron chi connectivity index (χ2n) is 6.16. The Kier molecular flexibility index (Phi) is 7.11. The maximum Gasteiger partial charge on any atom is 0.263 e. The SMILES string of the molecule is CC(=O)N1CCSC(C(=O)Nc2ccc(Cl)c(C(O)OC(C)C)c2)=C1C. The standard InChI is InChI=1S/C18H23ClN2O4S/c1-10(2)25-18(24)14-9-13(5-6-15(14)19)20-17(23)16-11(3)21(12(4)22)7-8-26-16/h5-6,9-10,18,24H,7-8H2,1-4H3,(H,20,23). The van der Waals surface area contributed by atoms with Crippen molar-refractivity contribution >= 4 is 40.9 Å². The van der Waals surface area contributed by atoms with Gasteiger partial charge in [0.05, 0.1) is 11.0 Å². The Balaban J connectivity index is 2.21. The van der Waals surface area contributed by atoms with Gasteiger partial charge in [-0.15, -0.1) is 11.8 Å². The Hall–Kier alpha value is -1.54. The summed E-state index contributed by atoms with van der Waals surface area (Å²) in [6.45, 7) is 7.44. The minimum atomic E-state index is -1.18. The summed E-state index contributed by atoms with van der Waals surface area (Å²) in [5, 5.41) is 13.3. The van der Waals surface area contributed by atoms with Crippen LogP contribution in [0, 0.1) is 0 Å². The molecule has 0 bridgehead atoms. The maximum atomic E-state index is 12.6. The molecule has 142 valence electrons. The molecule has 0 radical (unpaired) electrons. The van der Waals surface area contributed by atoms with Gasteiger partial charge in [-0.05, 0) is 39.0 Å². The highest BCUT2D eigenvalue weighted by molar-refractivity contribution is 8.04. The maximum absolute atomic E-state index is 12.6. The fourth-order valence-electron chi connectivity index (χ4n) is 2.59. The number of rotatable bonds is 5. The van der Waals surface area contributed by atoms with Gasteiger partial charge in [0.15, 0.2) is 6.29 Å². The summed E-state index contributed by atoms with van der Waals surface area (Å²) in [7, 11) is 0. The van der Waals surface area contributed by atoms with Crippen molar-refractivity contribution in [3.05, 3.63) is 39.4 Å². The molecule has 0 saturated carbocycles. The highest BCUT2D eigenvalue weighted by Crippen LogP contribution is 2.31. The average Bonchev–Trinajstić information content (AvgIpc) is 2.55. The summed E-state index contributed by atoms with van der Waals surface area (Å²) in [5.74, 6) is 0.272. The Morgan fingerprint density at radius 1 is 1.38 bits per heavy atom. The lowest BCUT2D eigenvalue weighted by atomic mass is 10.2. The molecule has 26 heavy (non-hydrogen) atoms. The molecule has 1 aliphatic rings. The molecule has 1 atom stereocenters. The van der Waals surface area contributed by atoms with Crippen LogP contribution in [0.4, 0.5) is 5.69 Å². The first-order valence-corrected chi connectivity index (χ1v) is 9.63. The third-order valence-electron chi connectivity index (χ3n) is 3.80. The molecule has 0 aliphatic carbocycles. The first-order valence-electron chi connectivity index (χ1n) is 8.26. The van der Waals surface area contributed by atoms with Crippen LogP contribution < -0.4 is 5.32 Å². The number of hydrogen-bond donors (Lipinski definition) is 2. The molecule has 0 saturated heterocycles. The number of aliphatic hydroxyl groups is 1. The summed E-state index contributed by atoms with van der Waals surface area (Å²) in [4.78, 5) is 26.4. The third kappa shape index (κ3) is 5.01. The van der Waals surface area contributed by atoms with Gasteiger partial charge in [0, 0.05) is 41.2 Å². The van der Waals surface area contributed by atoms with E-state index in [-0.39, 0.29) is 17.9 Å². The number of hydrogen-bond acceptors (Lipinski definition) is 5. The monoisotopic (exact) mass is 398 g/mol. The summed E-state index contributed by atoms with van der Waals surface area (Å²) >= 11 is 7.54. The smallest absolute Gasteiger partial charge is 0.263 e. The number of halogens is 1. The summed E-state index contributed by atoms with van der Waals surface area (Å²) < 4.78 is 5.35. The Labute approximate surface area is 162 Å². The van der Waals surface area contributed by atoms with Crippen LogP contribution in [0.2, 0.25) is 5.02 Å². The van der Waals surface area contributed by atoms with E-state index >= 15 is 0 Å². The number of carbonyl (C=O) groups excluding carboxylic acids is 2. The average molecular weight is 399 g/mol. The minimum absolute atomic E-state index is 0.0872. The van der Waals surface area contributed by atoms with Gasteiger partial charge in [-0.25, -0.2) is 0 Å². The fraction of sp³-hybridized carbons (Fsp3) is 0.444. The predicted molar refractivity (Wildman–Crippen MR) is 104 cm³/mol. The van der Waals surface area contributed by atoms with Crippen molar-refractivity contribution in [2.75, 3.05) is 17.6 Å². The van der Waals surface area contributed by atoms with E-state index in [2.05, 4.69) is 5.32 Å². The molecule has 1 heterocycles. The van der Waals surface area contributed by atoms with Crippen LogP contribution in [0.15, 0.2) is 28.8 Å². The van der Waals surface area contributed by atoms with Crippen molar-refractivity contribution in [3.8, 4) is 0 Å². The lowest BCUT2D eigenvalue weighted by Crippen LogP contribution is -2.34. The van der Waals surface area contributed by atoms with Crippen molar-refractivity contribution in [1.82, 2.24) is 4.90 Å². The van der Waals surface area contributed by atoms with Gasteiger partial charge in [0.2, 0.25) is 5.91 Å². The first kappa shape index (κ1) is 20.8. The number of nitrogens with one attached hydrogen (secondary N) is 1. The van der Waals surface area contributed by atoms with Crippen LogP contribution in [-0.2, 0) is 14.3 Å². The van der Waals surface area contributed by atoms with Crippen LogP contribution in [-0.4, -0.2) is 40.2 Å². The summed E-state index contributed by atoms with van der Waals surface area (Å²) in [6, 6.07) is 4.83. The molecule has 1 aliphatic heterocycles. The molecule has 2 rings (SSSR count). The van der Waals surface area contributed by atoms with Crippen molar-refractivity contribution in [2.24, 2.45) is 0 Å². The number of aliphatic hydroxyl groups excluding tert-OH is 1. The lowest BCUT2D eigenvalue weighted by molar-refractivity contribution is -0.129. The number of carbonyl (C=O) groups is 2. The molecule has 2 amide bonds.